The van der Waals surface area contributed by atoms with Crippen LogP contribution in [0.4, 0.5) is 13.2 Å². The molecule has 7 nitrogen and oxygen atoms in total. The standard InChI is InChI=1S/C20H29N3O2.C2HF3O2/c1-15(2)19(25)22-11-9-20(10-12-22)8-7-18(24)23(14-20)13-17-6-4-5-16(3)21-17;3-2(4,5)1(6)7/h4-6,15H,7-14H2,1-3H3;(H,6,7). The molecule has 3 rings (SSSR count). The first-order valence-electron chi connectivity index (χ1n) is 10.6. The fourth-order valence-electron chi connectivity index (χ4n) is 4.10. The van der Waals surface area contributed by atoms with Crippen LogP contribution in [-0.2, 0) is 20.9 Å². The number of hydrogen-bond acceptors (Lipinski definition) is 4. The van der Waals surface area contributed by atoms with E-state index in [0.717, 1.165) is 50.3 Å². The van der Waals surface area contributed by atoms with Crippen LogP contribution in [0, 0.1) is 18.3 Å². The number of piperidine rings is 2. The number of aromatic nitrogens is 1. The molecule has 0 unspecified atom stereocenters. The average Bonchev–Trinajstić information content (AvgIpc) is 2.71. The maximum absolute atomic E-state index is 12.4. The number of amides is 2. The summed E-state index contributed by atoms with van der Waals surface area (Å²) >= 11 is 0. The summed E-state index contributed by atoms with van der Waals surface area (Å²) in [6.45, 7) is 8.93. The summed E-state index contributed by atoms with van der Waals surface area (Å²) in [4.78, 5) is 42.0. The number of nitrogens with zero attached hydrogens (tertiary/aromatic N) is 3. The Kier molecular flexibility index (Phi) is 8.25. The van der Waals surface area contributed by atoms with Crippen LogP contribution in [-0.4, -0.2) is 63.5 Å². The van der Waals surface area contributed by atoms with Gasteiger partial charge in [0.05, 0.1) is 12.2 Å². The molecule has 2 aliphatic rings. The van der Waals surface area contributed by atoms with Crippen LogP contribution < -0.4 is 0 Å². The highest BCUT2D eigenvalue weighted by Crippen LogP contribution is 2.40. The third-order valence-corrected chi connectivity index (χ3v) is 5.92. The van der Waals surface area contributed by atoms with E-state index in [4.69, 9.17) is 9.90 Å². The lowest BCUT2D eigenvalue weighted by atomic mass is 9.72. The van der Waals surface area contributed by atoms with E-state index in [1.165, 1.54) is 0 Å². The molecule has 0 aliphatic carbocycles. The van der Waals surface area contributed by atoms with Crippen molar-refractivity contribution in [2.45, 2.75) is 59.2 Å². The number of hydrogen-bond donors (Lipinski definition) is 1. The molecular formula is C22H30F3N3O4. The average molecular weight is 457 g/mol. The van der Waals surface area contributed by atoms with E-state index in [1.54, 1.807) is 0 Å². The smallest absolute Gasteiger partial charge is 0.475 e. The summed E-state index contributed by atoms with van der Waals surface area (Å²) in [5.41, 5.74) is 2.11. The zero-order valence-corrected chi connectivity index (χ0v) is 18.6. The second-order valence-electron chi connectivity index (χ2n) is 8.80. The first-order valence-corrected chi connectivity index (χ1v) is 10.6. The molecule has 0 atom stereocenters. The monoisotopic (exact) mass is 457 g/mol. The molecule has 0 saturated carbocycles. The van der Waals surface area contributed by atoms with Crippen LogP contribution in [0.2, 0.25) is 0 Å². The Hall–Kier alpha value is -2.65. The fraction of sp³-hybridized carbons (Fsp3) is 0.636. The van der Waals surface area contributed by atoms with Gasteiger partial charge in [-0.2, -0.15) is 13.2 Å². The minimum Gasteiger partial charge on any atom is -0.475 e. The molecule has 3 heterocycles. The Bertz CT molecular complexity index is 834. The molecule has 10 heteroatoms. The van der Waals surface area contributed by atoms with Gasteiger partial charge in [0.25, 0.3) is 0 Å². The van der Waals surface area contributed by atoms with Crippen LogP contribution in [0.5, 0.6) is 0 Å². The largest absolute Gasteiger partial charge is 0.490 e. The van der Waals surface area contributed by atoms with Gasteiger partial charge >= 0.3 is 12.1 Å². The van der Waals surface area contributed by atoms with Gasteiger partial charge in [0, 0.05) is 37.7 Å². The predicted molar refractivity (Wildman–Crippen MR) is 110 cm³/mol. The van der Waals surface area contributed by atoms with E-state index >= 15 is 0 Å². The van der Waals surface area contributed by atoms with E-state index in [2.05, 4.69) is 4.98 Å². The first kappa shape index (κ1) is 25.6. The van der Waals surface area contributed by atoms with Gasteiger partial charge in [-0.1, -0.05) is 19.9 Å². The highest BCUT2D eigenvalue weighted by molar-refractivity contribution is 5.78. The minimum absolute atomic E-state index is 0.0610. The predicted octanol–water partition coefficient (Wildman–Crippen LogP) is 3.41. The molecule has 2 aliphatic heterocycles. The van der Waals surface area contributed by atoms with E-state index in [-0.39, 0.29) is 23.1 Å². The normalized spacial score (nSPS) is 18.4. The van der Waals surface area contributed by atoms with Gasteiger partial charge in [-0.15, -0.1) is 0 Å². The van der Waals surface area contributed by atoms with E-state index in [1.807, 2.05) is 48.8 Å². The number of carbonyl (C=O) groups is 3. The van der Waals surface area contributed by atoms with Crippen molar-refractivity contribution in [2.24, 2.45) is 11.3 Å². The quantitative estimate of drug-likeness (QED) is 0.751. The molecule has 1 aromatic rings. The molecule has 2 saturated heterocycles. The molecule has 2 fully saturated rings. The van der Waals surface area contributed by atoms with Crippen molar-refractivity contribution < 1.29 is 32.7 Å². The number of likely N-dealkylation sites (tertiary alicyclic amines) is 2. The van der Waals surface area contributed by atoms with Gasteiger partial charge in [-0.3, -0.25) is 14.6 Å². The van der Waals surface area contributed by atoms with Crippen molar-refractivity contribution in [1.82, 2.24) is 14.8 Å². The number of aryl methyl sites for hydroxylation is 1. The molecule has 1 N–H and O–H groups in total. The molecule has 0 aromatic carbocycles. The highest BCUT2D eigenvalue weighted by atomic mass is 19.4. The number of halogens is 3. The second kappa shape index (κ2) is 10.3. The third kappa shape index (κ3) is 6.93. The van der Waals surface area contributed by atoms with E-state index in [9.17, 15) is 22.8 Å². The van der Waals surface area contributed by atoms with Gasteiger partial charge in [-0.05, 0) is 43.7 Å². The fourth-order valence-corrected chi connectivity index (χ4v) is 4.10. The Morgan fingerprint density at radius 2 is 1.78 bits per heavy atom. The molecule has 0 radical (unpaired) electrons. The van der Waals surface area contributed by atoms with E-state index < -0.39 is 12.1 Å². The number of rotatable bonds is 3. The summed E-state index contributed by atoms with van der Waals surface area (Å²) in [5, 5.41) is 7.12. The zero-order valence-electron chi connectivity index (χ0n) is 18.6. The SMILES string of the molecule is Cc1cccc(CN2CC3(CCC2=O)CCN(C(=O)C(C)C)CC3)n1.O=C(O)C(F)(F)F. The van der Waals surface area contributed by atoms with Crippen molar-refractivity contribution in [3.8, 4) is 0 Å². The number of carboxylic acid groups (broad SMARTS) is 1. The summed E-state index contributed by atoms with van der Waals surface area (Å²) in [7, 11) is 0. The van der Waals surface area contributed by atoms with Gasteiger partial charge in [0.1, 0.15) is 0 Å². The van der Waals surface area contributed by atoms with Gasteiger partial charge in [-0.25, -0.2) is 4.79 Å². The number of pyridine rings is 1. The van der Waals surface area contributed by atoms with Crippen molar-refractivity contribution >= 4 is 17.8 Å². The lowest BCUT2D eigenvalue weighted by Gasteiger charge is -2.47. The Morgan fingerprint density at radius 3 is 2.28 bits per heavy atom. The molecular weight excluding hydrogens is 427 g/mol. The summed E-state index contributed by atoms with van der Waals surface area (Å²) < 4.78 is 31.7. The van der Waals surface area contributed by atoms with Gasteiger partial charge in [0.15, 0.2) is 0 Å². The van der Waals surface area contributed by atoms with Crippen LogP contribution in [0.1, 0.15) is 50.9 Å². The number of carbonyl (C=O) groups excluding carboxylic acids is 2. The van der Waals surface area contributed by atoms with Crippen molar-refractivity contribution in [3.05, 3.63) is 29.6 Å². The van der Waals surface area contributed by atoms with Crippen LogP contribution in [0.3, 0.4) is 0 Å². The van der Waals surface area contributed by atoms with Gasteiger partial charge in [0.2, 0.25) is 11.8 Å². The molecule has 0 bridgehead atoms. The summed E-state index contributed by atoms with van der Waals surface area (Å²) in [6.07, 6.45) is -1.52. The Morgan fingerprint density at radius 1 is 1.19 bits per heavy atom. The maximum atomic E-state index is 12.4. The maximum Gasteiger partial charge on any atom is 0.490 e. The molecule has 1 spiro atoms. The minimum atomic E-state index is -5.08. The van der Waals surface area contributed by atoms with Crippen LogP contribution in [0.15, 0.2) is 18.2 Å². The summed E-state index contributed by atoms with van der Waals surface area (Å²) in [6, 6.07) is 5.97. The Balaban J connectivity index is 0.000000451. The topological polar surface area (TPSA) is 90.8 Å². The van der Waals surface area contributed by atoms with Crippen LogP contribution >= 0.6 is 0 Å². The highest BCUT2D eigenvalue weighted by Gasteiger charge is 2.42. The third-order valence-electron chi connectivity index (χ3n) is 5.92. The molecule has 1 aromatic heterocycles. The lowest BCUT2D eigenvalue weighted by Crippen LogP contribution is -2.52. The second-order valence-corrected chi connectivity index (χ2v) is 8.80. The number of aliphatic carboxylic acids is 1. The van der Waals surface area contributed by atoms with Crippen molar-refractivity contribution in [1.29, 1.82) is 0 Å². The van der Waals surface area contributed by atoms with Gasteiger partial charge < -0.3 is 14.9 Å². The lowest BCUT2D eigenvalue weighted by molar-refractivity contribution is -0.192. The number of carboxylic acids is 1. The van der Waals surface area contributed by atoms with E-state index in [0.29, 0.717) is 13.0 Å². The Labute approximate surface area is 185 Å². The zero-order chi connectivity index (χ0) is 24.1. The summed E-state index contributed by atoms with van der Waals surface area (Å²) in [5.74, 6) is -2.21. The molecule has 32 heavy (non-hydrogen) atoms. The van der Waals surface area contributed by atoms with Crippen molar-refractivity contribution in [3.63, 3.8) is 0 Å². The van der Waals surface area contributed by atoms with Crippen LogP contribution in [0.25, 0.3) is 0 Å². The number of alkyl halides is 3. The van der Waals surface area contributed by atoms with Crippen molar-refractivity contribution in [2.75, 3.05) is 19.6 Å². The molecule has 2 amide bonds. The first-order chi connectivity index (χ1) is 14.8. The molecule has 178 valence electrons.